The van der Waals surface area contributed by atoms with Gasteiger partial charge in [0.25, 0.3) is 0 Å². The smallest absolute Gasteiger partial charge is 0.249 e. The highest BCUT2D eigenvalue weighted by Gasteiger charge is 2.23. The van der Waals surface area contributed by atoms with Crippen molar-refractivity contribution in [2.45, 2.75) is 51.7 Å². The van der Waals surface area contributed by atoms with E-state index in [9.17, 15) is 9.59 Å². The molecule has 1 fully saturated rings. The summed E-state index contributed by atoms with van der Waals surface area (Å²) in [6.07, 6.45) is 3.82. The second-order valence-corrected chi connectivity index (χ2v) is 6.85. The Bertz CT molecular complexity index is 781. The van der Waals surface area contributed by atoms with E-state index >= 15 is 0 Å². The Morgan fingerprint density at radius 1 is 1.26 bits per heavy atom. The highest BCUT2D eigenvalue weighted by atomic mass is 16.5. The summed E-state index contributed by atoms with van der Waals surface area (Å²) in [6.45, 7) is 4.21. The number of aryl methyl sites for hydroxylation is 1. The van der Waals surface area contributed by atoms with Crippen LogP contribution in [-0.4, -0.2) is 47.2 Å². The Morgan fingerprint density at radius 2 is 2.11 bits per heavy atom. The van der Waals surface area contributed by atoms with Gasteiger partial charge in [-0.2, -0.15) is 0 Å². The number of imidazole rings is 1. The van der Waals surface area contributed by atoms with Gasteiger partial charge < -0.3 is 19.9 Å². The molecule has 1 unspecified atom stereocenters. The average molecular weight is 372 g/mol. The summed E-state index contributed by atoms with van der Waals surface area (Å²) in [4.78, 5) is 28.9. The normalized spacial score (nSPS) is 16.6. The number of nitrogens with zero attached hydrogens (tertiary/aromatic N) is 2. The Labute approximate surface area is 159 Å². The third kappa shape index (κ3) is 5.07. The first-order chi connectivity index (χ1) is 13.2. The largest absolute Gasteiger partial charge is 0.368 e. The number of hydrogen-bond donors (Lipinski definition) is 2. The maximum atomic E-state index is 12.2. The molecule has 0 radical (unpaired) electrons. The standard InChI is InChI=1S/C20H28N4O3/c1-2-11-21-19(25)14-24-16-8-4-3-7-15(16)23-18(24)10-5-12-22-20(26)17-9-6-13-27-17/h3-4,7-8,17H,2,5-6,9-14H2,1H3,(H,21,25)(H,22,26). The molecule has 0 spiro atoms. The molecular formula is C20H28N4O3. The van der Waals surface area contributed by atoms with Crippen LogP contribution in [0.15, 0.2) is 24.3 Å². The summed E-state index contributed by atoms with van der Waals surface area (Å²) in [6, 6.07) is 7.84. The number of nitrogens with one attached hydrogen (secondary N) is 2. The van der Waals surface area contributed by atoms with Gasteiger partial charge in [0.15, 0.2) is 0 Å². The van der Waals surface area contributed by atoms with E-state index in [0.717, 1.165) is 42.5 Å². The van der Waals surface area contributed by atoms with Crippen LogP contribution in [0.5, 0.6) is 0 Å². The molecule has 2 amide bonds. The molecule has 2 N–H and O–H groups in total. The second-order valence-electron chi connectivity index (χ2n) is 6.85. The molecule has 0 bridgehead atoms. The number of rotatable bonds is 9. The zero-order chi connectivity index (χ0) is 19.1. The summed E-state index contributed by atoms with van der Waals surface area (Å²) < 4.78 is 7.37. The van der Waals surface area contributed by atoms with Crippen molar-refractivity contribution in [2.24, 2.45) is 0 Å². The lowest BCUT2D eigenvalue weighted by molar-refractivity contribution is -0.130. The number of hydrogen-bond acceptors (Lipinski definition) is 4. The first-order valence-corrected chi connectivity index (χ1v) is 9.79. The quantitative estimate of drug-likeness (QED) is 0.657. The molecule has 27 heavy (non-hydrogen) atoms. The average Bonchev–Trinajstić information content (AvgIpc) is 3.32. The fourth-order valence-corrected chi connectivity index (χ4v) is 3.31. The van der Waals surface area contributed by atoms with Crippen LogP contribution in [0, 0.1) is 0 Å². The number of aromatic nitrogens is 2. The number of carbonyl (C=O) groups is 2. The highest BCUT2D eigenvalue weighted by Crippen LogP contribution is 2.17. The Kier molecular flexibility index (Phi) is 6.81. The van der Waals surface area contributed by atoms with Crippen molar-refractivity contribution in [3.8, 4) is 0 Å². The summed E-state index contributed by atoms with van der Waals surface area (Å²) in [5, 5.41) is 5.85. The maximum Gasteiger partial charge on any atom is 0.249 e. The summed E-state index contributed by atoms with van der Waals surface area (Å²) in [5.41, 5.74) is 1.85. The Morgan fingerprint density at radius 3 is 2.89 bits per heavy atom. The minimum absolute atomic E-state index is 0.00654. The molecule has 1 aromatic carbocycles. The molecule has 3 rings (SSSR count). The lowest BCUT2D eigenvalue weighted by Crippen LogP contribution is -2.34. The van der Waals surface area contributed by atoms with Crippen LogP contribution >= 0.6 is 0 Å². The first-order valence-electron chi connectivity index (χ1n) is 9.79. The Balaban J connectivity index is 1.60. The molecule has 1 aromatic heterocycles. The summed E-state index contributed by atoms with van der Waals surface area (Å²) in [7, 11) is 0. The number of benzene rings is 1. The van der Waals surface area contributed by atoms with E-state index in [1.807, 2.05) is 35.8 Å². The first kappa shape index (κ1) is 19.4. The van der Waals surface area contributed by atoms with E-state index in [2.05, 4.69) is 15.6 Å². The number of para-hydroxylation sites is 2. The van der Waals surface area contributed by atoms with Crippen LogP contribution in [0.1, 0.15) is 38.4 Å². The lowest BCUT2D eigenvalue weighted by atomic mass is 10.2. The minimum Gasteiger partial charge on any atom is -0.368 e. The van der Waals surface area contributed by atoms with Crippen molar-refractivity contribution in [2.75, 3.05) is 19.7 Å². The molecule has 1 atom stereocenters. The SMILES string of the molecule is CCCNC(=O)Cn1c(CCCNC(=O)C2CCCO2)nc2ccccc21. The van der Waals surface area contributed by atoms with Gasteiger partial charge in [0.2, 0.25) is 11.8 Å². The molecule has 1 aliphatic rings. The van der Waals surface area contributed by atoms with Gasteiger partial charge in [0.05, 0.1) is 11.0 Å². The molecule has 1 aliphatic heterocycles. The van der Waals surface area contributed by atoms with Gasteiger partial charge >= 0.3 is 0 Å². The van der Waals surface area contributed by atoms with Gasteiger partial charge in [-0.1, -0.05) is 19.1 Å². The van der Waals surface area contributed by atoms with Crippen molar-refractivity contribution in [3.63, 3.8) is 0 Å². The molecule has 0 aliphatic carbocycles. The number of amides is 2. The van der Waals surface area contributed by atoms with Gasteiger partial charge in [-0.05, 0) is 37.8 Å². The topological polar surface area (TPSA) is 85.2 Å². The molecule has 2 aromatic rings. The van der Waals surface area contributed by atoms with E-state index in [4.69, 9.17) is 4.74 Å². The van der Waals surface area contributed by atoms with Crippen LogP contribution in [0.4, 0.5) is 0 Å². The van der Waals surface area contributed by atoms with Crippen LogP contribution < -0.4 is 10.6 Å². The van der Waals surface area contributed by atoms with Crippen LogP contribution in [0.25, 0.3) is 11.0 Å². The van der Waals surface area contributed by atoms with E-state index in [1.54, 1.807) is 0 Å². The fourth-order valence-electron chi connectivity index (χ4n) is 3.31. The fraction of sp³-hybridized carbons (Fsp3) is 0.550. The lowest BCUT2D eigenvalue weighted by Gasteiger charge is -2.11. The predicted octanol–water partition coefficient (Wildman–Crippen LogP) is 1.79. The van der Waals surface area contributed by atoms with Crippen molar-refractivity contribution in [3.05, 3.63) is 30.1 Å². The molecular weight excluding hydrogens is 344 g/mol. The maximum absolute atomic E-state index is 12.2. The second kappa shape index (κ2) is 9.50. The van der Waals surface area contributed by atoms with Crippen molar-refractivity contribution in [1.29, 1.82) is 0 Å². The zero-order valence-corrected chi connectivity index (χ0v) is 15.9. The van der Waals surface area contributed by atoms with Crippen LogP contribution in [-0.2, 0) is 27.3 Å². The zero-order valence-electron chi connectivity index (χ0n) is 15.9. The van der Waals surface area contributed by atoms with Crippen molar-refractivity contribution in [1.82, 2.24) is 20.2 Å². The molecule has 7 nitrogen and oxygen atoms in total. The van der Waals surface area contributed by atoms with Crippen molar-refractivity contribution < 1.29 is 14.3 Å². The van der Waals surface area contributed by atoms with Gasteiger partial charge in [0.1, 0.15) is 18.5 Å². The van der Waals surface area contributed by atoms with E-state index in [1.165, 1.54) is 0 Å². The minimum atomic E-state index is -0.295. The number of carbonyl (C=O) groups excluding carboxylic acids is 2. The van der Waals surface area contributed by atoms with E-state index < -0.39 is 0 Å². The summed E-state index contributed by atoms with van der Waals surface area (Å²) in [5.74, 6) is 0.835. The third-order valence-corrected chi connectivity index (χ3v) is 4.71. The van der Waals surface area contributed by atoms with E-state index in [0.29, 0.717) is 26.1 Å². The molecule has 0 saturated carbocycles. The van der Waals surface area contributed by atoms with E-state index in [-0.39, 0.29) is 24.5 Å². The third-order valence-electron chi connectivity index (χ3n) is 4.71. The molecule has 146 valence electrons. The monoisotopic (exact) mass is 372 g/mol. The number of ether oxygens (including phenoxy) is 1. The predicted molar refractivity (Wildman–Crippen MR) is 103 cm³/mol. The van der Waals surface area contributed by atoms with Crippen LogP contribution in [0.3, 0.4) is 0 Å². The van der Waals surface area contributed by atoms with Gasteiger partial charge in [0, 0.05) is 26.1 Å². The van der Waals surface area contributed by atoms with Gasteiger partial charge in [-0.15, -0.1) is 0 Å². The summed E-state index contributed by atoms with van der Waals surface area (Å²) >= 11 is 0. The molecule has 2 heterocycles. The molecule has 1 saturated heterocycles. The van der Waals surface area contributed by atoms with Gasteiger partial charge in [-0.25, -0.2) is 4.98 Å². The molecule has 7 heteroatoms. The highest BCUT2D eigenvalue weighted by molar-refractivity contribution is 5.81. The van der Waals surface area contributed by atoms with Crippen molar-refractivity contribution >= 4 is 22.8 Å². The van der Waals surface area contributed by atoms with Gasteiger partial charge in [-0.3, -0.25) is 9.59 Å². The Hall–Kier alpha value is -2.41. The number of fused-ring (bicyclic) bond motifs is 1. The van der Waals surface area contributed by atoms with Crippen LogP contribution in [0.2, 0.25) is 0 Å².